The van der Waals surface area contributed by atoms with Crippen molar-refractivity contribution in [2.24, 2.45) is 0 Å². The van der Waals surface area contributed by atoms with E-state index in [9.17, 15) is 13.2 Å². The number of nitrogens with one attached hydrogen (secondary N) is 1. The second kappa shape index (κ2) is 8.92. The number of para-hydroxylation sites is 1. The summed E-state index contributed by atoms with van der Waals surface area (Å²) in [6.07, 6.45) is 1.19. The molecule has 0 spiro atoms. The first kappa shape index (κ1) is 20.6. The molecule has 0 aliphatic heterocycles. The van der Waals surface area contributed by atoms with Gasteiger partial charge in [0.2, 0.25) is 10.0 Å². The number of carbonyl (C=O) groups is 1. The molecule has 6 heteroatoms. The monoisotopic (exact) mass is 408 g/mol. The number of aryl methyl sites for hydroxylation is 1. The Balaban J connectivity index is 1.67. The van der Waals surface area contributed by atoms with Gasteiger partial charge in [-0.2, -0.15) is 0 Å². The lowest BCUT2D eigenvalue weighted by molar-refractivity contribution is 0.0951. The molecule has 5 nitrogen and oxygen atoms in total. The van der Waals surface area contributed by atoms with Gasteiger partial charge in [0.05, 0.1) is 18.5 Å². The number of hydrogen-bond acceptors (Lipinski definition) is 3. The van der Waals surface area contributed by atoms with Gasteiger partial charge in [0.1, 0.15) is 0 Å². The lowest BCUT2D eigenvalue weighted by Gasteiger charge is -2.22. The summed E-state index contributed by atoms with van der Waals surface area (Å²) in [5, 5.41) is 2.90. The van der Waals surface area contributed by atoms with Crippen molar-refractivity contribution in [3.8, 4) is 0 Å². The van der Waals surface area contributed by atoms with Crippen molar-refractivity contribution in [2.75, 3.05) is 10.6 Å². The van der Waals surface area contributed by atoms with Crippen LogP contribution in [0.4, 0.5) is 5.69 Å². The minimum Gasteiger partial charge on any atom is -0.348 e. The molecule has 0 heterocycles. The number of amides is 1. The smallest absolute Gasteiger partial charge is 0.251 e. The van der Waals surface area contributed by atoms with Crippen LogP contribution in [0, 0.1) is 6.92 Å². The summed E-state index contributed by atoms with van der Waals surface area (Å²) < 4.78 is 25.8. The van der Waals surface area contributed by atoms with Crippen LogP contribution in [0.5, 0.6) is 0 Å². The molecule has 150 valence electrons. The first-order valence-electron chi connectivity index (χ1n) is 9.28. The lowest BCUT2D eigenvalue weighted by Crippen LogP contribution is -2.29. The molecule has 0 aliphatic carbocycles. The van der Waals surface area contributed by atoms with Gasteiger partial charge in [-0.1, -0.05) is 60.2 Å². The molecular weight excluding hydrogens is 384 g/mol. The van der Waals surface area contributed by atoms with Crippen LogP contribution in [0.3, 0.4) is 0 Å². The number of nitrogens with zero attached hydrogens (tertiary/aromatic N) is 1. The van der Waals surface area contributed by atoms with E-state index in [0.29, 0.717) is 17.8 Å². The van der Waals surface area contributed by atoms with Gasteiger partial charge in [-0.25, -0.2) is 8.42 Å². The van der Waals surface area contributed by atoms with Gasteiger partial charge in [0.15, 0.2) is 0 Å². The molecule has 0 aliphatic rings. The fraction of sp³-hybridized carbons (Fsp3) is 0.174. The highest BCUT2D eigenvalue weighted by molar-refractivity contribution is 7.92. The van der Waals surface area contributed by atoms with Crippen LogP contribution < -0.4 is 9.62 Å². The highest BCUT2D eigenvalue weighted by Gasteiger charge is 2.17. The van der Waals surface area contributed by atoms with Crippen LogP contribution in [0.1, 0.15) is 27.0 Å². The van der Waals surface area contributed by atoms with Gasteiger partial charge in [0, 0.05) is 12.1 Å². The van der Waals surface area contributed by atoms with Crippen molar-refractivity contribution in [3.05, 3.63) is 101 Å². The second-order valence-electron chi connectivity index (χ2n) is 6.97. The second-order valence-corrected chi connectivity index (χ2v) is 8.88. The zero-order valence-electron chi connectivity index (χ0n) is 16.5. The summed E-state index contributed by atoms with van der Waals surface area (Å²) in [7, 11) is -3.43. The number of sulfonamides is 1. The van der Waals surface area contributed by atoms with E-state index in [1.807, 2.05) is 37.3 Å². The molecule has 0 bridgehead atoms. The molecule has 0 atom stereocenters. The van der Waals surface area contributed by atoms with E-state index >= 15 is 0 Å². The Morgan fingerprint density at radius 1 is 0.862 bits per heavy atom. The molecule has 3 rings (SSSR count). The maximum atomic E-state index is 12.4. The van der Waals surface area contributed by atoms with Crippen molar-refractivity contribution in [2.45, 2.75) is 20.0 Å². The van der Waals surface area contributed by atoms with Crippen LogP contribution in [-0.2, 0) is 23.1 Å². The first-order chi connectivity index (χ1) is 13.8. The van der Waals surface area contributed by atoms with E-state index in [4.69, 9.17) is 0 Å². The molecule has 0 fully saturated rings. The van der Waals surface area contributed by atoms with Gasteiger partial charge < -0.3 is 5.32 Å². The van der Waals surface area contributed by atoms with Crippen LogP contribution >= 0.6 is 0 Å². The molecular formula is C23H24N2O3S. The normalized spacial score (nSPS) is 11.1. The van der Waals surface area contributed by atoms with E-state index < -0.39 is 10.0 Å². The maximum absolute atomic E-state index is 12.4. The fourth-order valence-electron chi connectivity index (χ4n) is 2.91. The van der Waals surface area contributed by atoms with E-state index in [1.165, 1.54) is 16.1 Å². The Bertz CT molecular complexity index is 1060. The average molecular weight is 409 g/mol. The SMILES string of the molecule is Cc1ccc(CNC(=O)c2ccc(CN(c3ccccc3)S(C)(=O)=O)cc2)cc1. The highest BCUT2D eigenvalue weighted by atomic mass is 32.2. The van der Waals surface area contributed by atoms with E-state index in [0.717, 1.165) is 11.1 Å². The molecule has 0 saturated heterocycles. The third-order valence-corrected chi connectivity index (χ3v) is 5.70. The van der Waals surface area contributed by atoms with E-state index in [-0.39, 0.29) is 12.5 Å². The van der Waals surface area contributed by atoms with Crippen molar-refractivity contribution >= 4 is 21.6 Å². The van der Waals surface area contributed by atoms with Crippen molar-refractivity contribution in [3.63, 3.8) is 0 Å². The number of rotatable bonds is 7. The Morgan fingerprint density at radius 3 is 2.03 bits per heavy atom. The van der Waals surface area contributed by atoms with Gasteiger partial charge in [-0.15, -0.1) is 0 Å². The molecule has 0 aromatic heterocycles. The summed E-state index contributed by atoms with van der Waals surface area (Å²) in [5.41, 5.74) is 4.15. The number of hydrogen-bond donors (Lipinski definition) is 1. The van der Waals surface area contributed by atoms with E-state index in [2.05, 4.69) is 5.32 Å². The van der Waals surface area contributed by atoms with Crippen LogP contribution in [0.2, 0.25) is 0 Å². The predicted molar refractivity (Wildman–Crippen MR) is 116 cm³/mol. The van der Waals surface area contributed by atoms with Crippen molar-refractivity contribution in [1.82, 2.24) is 5.32 Å². The Labute approximate surface area is 172 Å². The summed E-state index contributed by atoms with van der Waals surface area (Å²) in [4.78, 5) is 12.4. The fourth-order valence-corrected chi connectivity index (χ4v) is 3.80. The summed E-state index contributed by atoms with van der Waals surface area (Å²) >= 11 is 0. The standard InChI is InChI=1S/C23H24N2O3S/c1-18-8-10-19(11-9-18)16-24-23(26)21-14-12-20(13-15-21)17-25(29(2,27)28)22-6-4-3-5-7-22/h3-15H,16-17H2,1-2H3,(H,24,26). The first-order valence-corrected chi connectivity index (χ1v) is 11.1. The van der Waals surface area contributed by atoms with Crippen LogP contribution in [0.25, 0.3) is 0 Å². The number of anilines is 1. The van der Waals surface area contributed by atoms with Crippen LogP contribution in [0.15, 0.2) is 78.9 Å². The Kier molecular flexibility index (Phi) is 6.34. The maximum Gasteiger partial charge on any atom is 0.251 e. The third kappa shape index (κ3) is 5.68. The molecule has 3 aromatic rings. The molecule has 0 unspecified atom stereocenters. The lowest BCUT2D eigenvalue weighted by atomic mass is 10.1. The summed E-state index contributed by atoms with van der Waals surface area (Å²) in [6, 6.07) is 23.9. The van der Waals surface area contributed by atoms with Gasteiger partial charge >= 0.3 is 0 Å². The van der Waals surface area contributed by atoms with Crippen molar-refractivity contribution in [1.29, 1.82) is 0 Å². The highest BCUT2D eigenvalue weighted by Crippen LogP contribution is 2.20. The number of benzene rings is 3. The topological polar surface area (TPSA) is 66.5 Å². The molecule has 1 amide bonds. The van der Waals surface area contributed by atoms with Crippen LogP contribution in [-0.4, -0.2) is 20.6 Å². The molecule has 1 N–H and O–H groups in total. The Morgan fingerprint density at radius 2 is 1.45 bits per heavy atom. The zero-order valence-corrected chi connectivity index (χ0v) is 17.3. The summed E-state index contributed by atoms with van der Waals surface area (Å²) in [5.74, 6) is -0.167. The third-order valence-electron chi connectivity index (χ3n) is 4.56. The minimum absolute atomic E-state index is 0.167. The molecule has 0 saturated carbocycles. The molecule has 29 heavy (non-hydrogen) atoms. The average Bonchev–Trinajstić information content (AvgIpc) is 2.71. The van der Waals surface area contributed by atoms with Gasteiger partial charge in [-0.3, -0.25) is 9.10 Å². The van der Waals surface area contributed by atoms with Gasteiger partial charge in [0.25, 0.3) is 5.91 Å². The summed E-state index contributed by atoms with van der Waals surface area (Å²) in [6.45, 7) is 2.68. The predicted octanol–water partition coefficient (Wildman–Crippen LogP) is 3.89. The molecule has 0 radical (unpaired) electrons. The number of carbonyl (C=O) groups excluding carboxylic acids is 1. The Hall–Kier alpha value is -3.12. The minimum atomic E-state index is -3.43. The van der Waals surface area contributed by atoms with Crippen molar-refractivity contribution < 1.29 is 13.2 Å². The van der Waals surface area contributed by atoms with Gasteiger partial charge in [-0.05, 0) is 42.3 Å². The zero-order chi connectivity index (χ0) is 20.9. The van der Waals surface area contributed by atoms with E-state index in [1.54, 1.807) is 48.5 Å². The largest absolute Gasteiger partial charge is 0.348 e. The quantitative estimate of drug-likeness (QED) is 0.645. The molecule has 3 aromatic carbocycles.